The van der Waals surface area contributed by atoms with Crippen molar-refractivity contribution < 1.29 is 31.8 Å². The fourth-order valence-electron chi connectivity index (χ4n) is 3.59. The summed E-state index contributed by atoms with van der Waals surface area (Å²) < 4.78 is 73.4. The maximum Gasteiger partial charge on any atom is 0.435 e. The number of methoxy groups -OCH3 is 1. The molecule has 0 aliphatic heterocycles. The van der Waals surface area contributed by atoms with Crippen LogP contribution in [-0.2, 0) is 17.3 Å². The van der Waals surface area contributed by atoms with Crippen LogP contribution in [0.4, 0.5) is 22.0 Å². The van der Waals surface area contributed by atoms with E-state index >= 15 is 0 Å². The van der Waals surface area contributed by atoms with Gasteiger partial charge in [0, 0.05) is 12.7 Å². The molecule has 1 heterocycles. The summed E-state index contributed by atoms with van der Waals surface area (Å²) in [6.07, 6.45) is -5.93. The third kappa shape index (κ3) is 2.63. The van der Waals surface area contributed by atoms with E-state index in [9.17, 15) is 27.1 Å². The van der Waals surface area contributed by atoms with Gasteiger partial charge < -0.3 is 9.84 Å². The summed E-state index contributed by atoms with van der Waals surface area (Å²) in [4.78, 5) is 0. The molecule has 0 radical (unpaired) electrons. The van der Waals surface area contributed by atoms with Crippen LogP contribution in [0.25, 0.3) is 0 Å². The van der Waals surface area contributed by atoms with Gasteiger partial charge in [0.05, 0.1) is 24.3 Å². The fraction of sp³-hybridized carbons (Fsp3) is 0.786. The molecule has 2 aliphatic carbocycles. The molecule has 23 heavy (non-hydrogen) atoms. The van der Waals surface area contributed by atoms with Crippen LogP contribution in [0.1, 0.15) is 54.8 Å². The summed E-state index contributed by atoms with van der Waals surface area (Å²) in [6, 6.07) is -0.528. The molecular weight excluding hydrogens is 323 g/mol. The lowest BCUT2D eigenvalue weighted by Gasteiger charge is -2.31. The average molecular weight is 340 g/mol. The van der Waals surface area contributed by atoms with E-state index < -0.39 is 41.9 Å². The fourth-order valence-corrected chi connectivity index (χ4v) is 3.59. The Labute approximate surface area is 129 Å². The zero-order chi connectivity index (χ0) is 17.0. The molecule has 1 fully saturated rings. The molecule has 0 bridgehead atoms. The Kier molecular flexibility index (Phi) is 3.91. The van der Waals surface area contributed by atoms with E-state index in [4.69, 9.17) is 4.74 Å². The molecule has 4 nitrogen and oxygen atoms in total. The van der Waals surface area contributed by atoms with Gasteiger partial charge in [-0.1, -0.05) is 12.8 Å². The number of alkyl halides is 5. The Hall–Kier alpha value is -1.22. The van der Waals surface area contributed by atoms with Crippen LogP contribution in [0.3, 0.4) is 0 Å². The van der Waals surface area contributed by atoms with E-state index in [1.807, 2.05) is 0 Å². The summed E-state index contributed by atoms with van der Waals surface area (Å²) in [5.41, 5.74) is -2.44. The number of halogens is 5. The predicted molar refractivity (Wildman–Crippen MR) is 69.1 cm³/mol. The van der Waals surface area contributed by atoms with Gasteiger partial charge in [-0.2, -0.15) is 18.3 Å². The number of rotatable bonds is 2. The van der Waals surface area contributed by atoms with Gasteiger partial charge >= 0.3 is 6.18 Å². The largest absolute Gasteiger partial charge is 0.435 e. The molecule has 1 unspecified atom stereocenters. The quantitative estimate of drug-likeness (QED) is 0.841. The van der Waals surface area contributed by atoms with Gasteiger partial charge in [-0.05, 0) is 12.8 Å². The highest BCUT2D eigenvalue weighted by Crippen LogP contribution is 2.49. The van der Waals surface area contributed by atoms with E-state index in [1.54, 1.807) is 0 Å². The topological polar surface area (TPSA) is 47.3 Å². The van der Waals surface area contributed by atoms with Gasteiger partial charge in [0.1, 0.15) is 6.10 Å². The van der Waals surface area contributed by atoms with E-state index in [2.05, 4.69) is 5.10 Å². The molecule has 3 atom stereocenters. The van der Waals surface area contributed by atoms with Gasteiger partial charge in [0.25, 0.3) is 5.92 Å². The number of aromatic nitrogens is 2. The van der Waals surface area contributed by atoms with Crippen LogP contribution in [0.2, 0.25) is 0 Å². The molecule has 2 aliphatic rings. The summed E-state index contributed by atoms with van der Waals surface area (Å²) in [5.74, 6) is -3.62. The zero-order valence-electron chi connectivity index (χ0n) is 12.4. The number of hydrogen-bond acceptors (Lipinski definition) is 3. The zero-order valence-corrected chi connectivity index (χ0v) is 12.4. The van der Waals surface area contributed by atoms with Crippen molar-refractivity contribution in [1.82, 2.24) is 9.78 Å². The van der Waals surface area contributed by atoms with E-state index in [0.29, 0.717) is 12.8 Å². The van der Waals surface area contributed by atoms with Crippen molar-refractivity contribution in [2.24, 2.45) is 0 Å². The van der Waals surface area contributed by atoms with Gasteiger partial charge in [-0.3, -0.25) is 4.68 Å². The smallest absolute Gasteiger partial charge is 0.382 e. The van der Waals surface area contributed by atoms with Gasteiger partial charge in [-0.15, -0.1) is 0 Å². The molecule has 3 rings (SSSR count). The number of fused-ring (bicyclic) bond motifs is 1. The lowest BCUT2D eigenvalue weighted by atomic mass is 9.92. The third-order valence-electron chi connectivity index (χ3n) is 4.68. The Balaban J connectivity index is 2.11. The van der Waals surface area contributed by atoms with Crippen molar-refractivity contribution >= 4 is 0 Å². The van der Waals surface area contributed by atoms with Crippen molar-refractivity contribution in [3.63, 3.8) is 0 Å². The van der Waals surface area contributed by atoms with Crippen molar-refractivity contribution in [3.05, 3.63) is 17.0 Å². The number of nitrogens with zero attached hydrogens (tertiary/aromatic N) is 2. The molecule has 130 valence electrons. The maximum atomic E-state index is 13.8. The maximum absolute atomic E-state index is 13.8. The molecule has 0 saturated heterocycles. The minimum Gasteiger partial charge on any atom is -0.382 e. The first-order valence-corrected chi connectivity index (χ1v) is 7.44. The van der Waals surface area contributed by atoms with Crippen LogP contribution in [0, 0.1) is 0 Å². The van der Waals surface area contributed by atoms with Crippen molar-refractivity contribution in [3.8, 4) is 0 Å². The highest BCUT2D eigenvalue weighted by Gasteiger charge is 2.55. The Morgan fingerprint density at radius 1 is 1.26 bits per heavy atom. The highest BCUT2D eigenvalue weighted by molar-refractivity contribution is 5.38. The van der Waals surface area contributed by atoms with Crippen LogP contribution >= 0.6 is 0 Å². The van der Waals surface area contributed by atoms with Crippen LogP contribution in [0.15, 0.2) is 0 Å². The molecular formula is C14H17F5N2O2. The third-order valence-corrected chi connectivity index (χ3v) is 4.68. The lowest BCUT2D eigenvalue weighted by molar-refractivity contribution is -0.147. The minimum atomic E-state index is -4.89. The Morgan fingerprint density at radius 3 is 2.52 bits per heavy atom. The van der Waals surface area contributed by atoms with E-state index in [-0.39, 0.29) is 11.8 Å². The Bertz CT molecular complexity index is 599. The van der Waals surface area contributed by atoms with Gasteiger partial charge in [0.15, 0.2) is 5.69 Å². The SMILES string of the molecule is CO[C@@H]1CCCCC1n1nc(C(F)(F)F)c2c1CC(F)(F)[C@H]2O. The van der Waals surface area contributed by atoms with Crippen LogP contribution in [0.5, 0.6) is 0 Å². The molecule has 1 N–H and O–H groups in total. The van der Waals surface area contributed by atoms with Crippen LogP contribution < -0.4 is 0 Å². The second kappa shape index (κ2) is 5.41. The van der Waals surface area contributed by atoms with Crippen molar-refractivity contribution in [2.75, 3.05) is 7.11 Å². The number of ether oxygens (including phenoxy) is 1. The Morgan fingerprint density at radius 2 is 1.91 bits per heavy atom. The highest BCUT2D eigenvalue weighted by atomic mass is 19.4. The first kappa shape index (κ1) is 16.6. The standard InChI is InChI=1S/C14H17F5N2O2/c1-23-9-5-3-2-4-7(9)21-8-6-13(15,16)12(22)10(8)11(20-21)14(17,18)19/h7,9,12,22H,2-6H2,1H3/t7?,9-,12+/m1/s1. The first-order valence-electron chi connectivity index (χ1n) is 7.44. The van der Waals surface area contributed by atoms with Crippen LogP contribution in [-0.4, -0.2) is 34.0 Å². The second-order valence-electron chi connectivity index (χ2n) is 6.12. The predicted octanol–water partition coefficient (Wildman–Crippen LogP) is 3.26. The van der Waals surface area contributed by atoms with Crippen molar-refractivity contribution in [2.45, 2.75) is 62.5 Å². The van der Waals surface area contributed by atoms with Gasteiger partial charge in [0.2, 0.25) is 0 Å². The molecule has 0 spiro atoms. The second-order valence-corrected chi connectivity index (χ2v) is 6.12. The molecule has 0 amide bonds. The molecule has 0 aromatic carbocycles. The molecule has 1 aromatic heterocycles. The normalized spacial score (nSPS) is 30.5. The number of aliphatic hydroxyl groups excluding tert-OH is 1. The summed E-state index contributed by atoms with van der Waals surface area (Å²) in [7, 11) is 1.45. The number of aliphatic hydroxyl groups is 1. The summed E-state index contributed by atoms with van der Waals surface area (Å²) >= 11 is 0. The van der Waals surface area contributed by atoms with Gasteiger partial charge in [-0.25, -0.2) is 8.78 Å². The molecule has 9 heteroatoms. The average Bonchev–Trinajstić information content (AvgIpc) is 2.94. The molecule has 1 aromatic rings. The first-order chi connectivity index (χ1) is 10.7. The van der Waals surface area contributed by atoms with Crippen molar-refractivity contribution in [1.29, 1.82) is 0 Å². The number of hydrogen-bond donors (Lipinski definition) is 1. The van der Waals surface area contributed by atoms with E-state index in [1.165, 1.54) is 7.11 Å². The van der Waals surface area contributed by atoms with E-state index in [0.717, 1.165) is 17.5 Å². The monoisotopic (exact) mass is 340 g/mol. The summed E-state index contributed by atoms with van der Waals surface area (Å²) in [5, 5.41) is 13.2. The summed E-state index contributed by atoms with van der Waals surface area (Å²) in [6.45, 7) is 0. The molecule has 1 saturated carbocycles. The lowest BCUT2D eigenvalue weighted by Crippen LogP contribution is -2.32. The minimum absolute atomic E-state index is 0.233.